The van der Waals surface area contributed by atoms with Gasteiger partial charge in [-0.15, -0.1) is 11.8 Å². The van der Waals surface area contributed by atoms with Crippen molar-refractivity contribution in [2.24, 2.45) is 0 Å². The summed E-state index contributed by atoms with van der Waals surface area (Å²) in [6.07, 6.45) is 0. The number of benzene rings is 2. The topological polar surface area (TPSA) is 45.8 Å². The minimum atomic E-state index is -0.262. The van der Waals surface area contributed by atoms with Crippen LogP contribution in [0.3, 0.4) is 0 Å². The highest BCUT2D eigenvalue weighted by Gasteiger charge is 2.05. The van der Waals surface area contributed by atoms with Crippen LogP contribution < -0.4 is 5.56 Å². The largest absolute Gasteiger partial charge is 0.301 e. The van der Waals surface area contributed by atoms with Crippen LogP contribution in [-0.2, 0) is 11.5 Å². The zero-order chi connectivity index (χ0) is 16.8. The number of nitrogens with zero attached hydrogens (tertiary/aromatic N) is 1. The van der Waals surface area contributed by atoms with E-state index in [0.29, 0.717) is 16.7 Å². The van der Waals surface area contributed by atoms with E-state index >= 15 is 0 Å². The normalized spacial score (nSPS) is 10.7. The fourth-order valence-electron chi connectivity index (χ4n) is 2.08. The number of aromatic nitrogens is 2. The van der Waals surface area contributed by atoms with E-state index in [1.807, 2.05) is 36.4 Å². The van der Waals surface area contributed by atoms with E-state index < -0.39 is 0 Å². The summed E-state index contributed by atoms with van der Waals surface area (Å²) in [6, 6.07) is 17.9. The van der Waals surface area contributed by atoms with Crippen molar-refractivity contribution in [2.45, 2.75) is 21.6 Å². The predicted octanol–water partition coefficient (Wildman–Crippen LogP) is 4.49. The van der Waals surface area contributed by atoms with Gasteiger partial charge in [0.05, 0.1) is 5.69 Å². The molecular formula is C18H15FN2OS2. The number of halogens is 1. The second-order valence-corrected chi connectivity index (χ2v) is 7.08. The van der Waals surface area contributed by atoms with E-state index in [0.717, 1.165) is 16.2 Å². The fourth-order valence-corrected chi connectivity index (χ4v) is 3.73. The number of H-pyrrole nitrogens is 1. The van der Waals surface area contributed by atoms with Crippen LogP contribution in [0.15, 0.2) is 75.5 Å². The molecule has 0 amide bonds. The molecule has 0 radical (unpaired) electrons. The number of nitrogens with one attached hydrogen (secondary N) is 1. The quantitative estimate of drug-likeness (QED) is 0.521. The van der Waals surface area contributed by atoms with E-state index in [9.17, 15) is 9.18 Å². The molecule has 24 heavy (non-hydrogen) atoms. The van der Waals surface area contributed by atoms with Gasteiger partial charge in [0, 0.05) is 22.5 Å². The van der Waals surface area contributed by atoms with E-state index in [2.05, 4.69) is 9.97 Å². The van der Waals surface area contributed by atoms with Crippen LogP contribution in [0.5, 0.6) is 0 Å². The molecule has 3 nitrogen and oxygen atoms in total. The monoisotopic (exact) mass is 358 g/mol. The molecule has 1 N–H and O–H groups in total. The van der Waals surface area contributed by atoms with Crippen molar-refractivity contribution < 1.29 is 4.39 Å². The molecule has 3 rings (SSSR count). The number of aromatic amines is 1. The maximum Gasteiger partial charge on any atom is 0.251 e. The zero-order valence-electron chi connectivity index (χ0n) is 12.7. The Morgan fingerprint density at radius 3 is 2.58 bits per heavy atom. The van der Waals surface area contributed by atoms with Crippen molar-refractivity contribution in [3.05, 3.63) is 88.1 Å². The highest BCUT2D eigenvalue weighted by Crippen LogP contribution is 2.23. The van der Waals surface area contributed by atoms with E-state index in [1.54, 1.807) is 17.8 Å². The molecule has 1 aromatic heterocycles. The Bertz CT molecular complexity index is 868. The molecule has 0 unspecified atom stereocenters. The van der Waals surface area contributed by atoms with Gasteiger partial charge in [-0.2, -0.15) is 0 Å². The molecule has 0 aliphatic carbocycles. The summed E-state index contributed by atoms with van der Waals surface area (Å²) < 4.78 is 13.2. The van der Waals surface area contributed by atoms with Gasteiger partial charge in [-0.25, -0.2) is 9.37 Å². The molecular weight excluding hydrogens is 343 g/mol. The fraction of sp³-hybridized carbons (Fsp3) is 0.111. The SMILES string of the molecule is O=c1cc(CSc2ccccc2)nc(SCc2cccc(F)c2)[nH]1. The molecule has 2 aromatic carbocycles. The second-order valence-electron chi connectivity index (χ2n) is 5.06. The first kappa shape index (κ1) is 16.8. The molecule has 0 atom stereocenters. The molecule has 1 heterocycles. The predicted molar refractivity (Wildman–Crippen MR) is 96.8 cm³/mol. The van der Waals surface area contributed by atoms with E-state index in [4.69, 9.17) is 0 Å². The Morgan fingerprint density at radius 2 is 1.79 bits per heavy atom. The minimum absolute atomic E-state index is 0.171. The smallest absolute Gasteiger partial charge is 0.251 e. The molecule has 6 heteroatoms. The maximum absolute atomic E-state index is 13.2. The van der Waals surface area contributed by atoms with Crippen LogP contribution in [0, 0.1) is 5.82 Å². The summed E-state index contributed by atoms with van der Waals surface area (Å²) in [5.41, 5.74) is 1.41. The van der Waals surface area contributed by atoms with Gasteiger partial charge in [-0.3, -0.25) is 4.79 Å². The van der Waals surface area contributed by atoms with Crippen molar-refractivity contribution in [3.63, 3.8) is 0 Å². The molecule has 0 saturated carbocycles. The van der Waals surface area contributed by atoms with Crippen LogP contribution in [0.2, 0.25) is 0 Å². The second kappa shape index (κ2) is 8.17. The van der Waals surface area contributed by atoms with Crippen LogP contribution in [0.1, 0.15) is 11.3 Å². The van der Waals surface area contributed by atoms with Crippen molar-refractivity contribution in [1.82, 2.24) is 9.97 Å². The molecule has 0 aliphatic rings. The summed E-state index contributed by atoms with van der Waals surface area (Å²) in [7, 11) is 0. The van der Waals surface area contributed by atoms with Crippen molar-refractivity contribution >= 4 is 23.5 Å². The van der Waals surface area contributed by atoms with Crippen molar-refractivity contribution in [2.75, 3.05) is 0 Å². The van der Waals surface area contributed by atoms with Gasteiger partial charge in [0.1, 0.15) is 5.82 Å². The Morgan fingerprint density at radius 1 is 0.958 bits per heavy atom. The zero-order valence-corrected chi connectivity index (χ0v) is 14.4. The lowest BCUT2D eigenvalue weighted by Crippen LogP contribution is -2.09. The molecule has 122 valence electrons. The number of rotatable bonds is 6. The molecule has 0 fully saturated rings. The third-order valence-corrected chi connectivity index (χ3v) is 5.16. The van der Waals surface area contributed by atoms with Crippen molar-refractivity contribution in [1.29, 1.82) is 0 Å². The van der Waals surface area contributed by atoms with E-state index in [-0.39, 0.29) is 11.4 Å². The Labute approximate surface area is 147 Å². The molecule has 3 aromatic rings. The van der Waals surface area contributed by atoms with Gasteiger partial charge >= 0.3 is 0 Å². The van der Waals surface area contributed by atoms with Crippen LogP contribution >= 0.6 is 23.5 Å². The van der Waals surface area contributed by atoms with Gasteiger partial charge in [0.15, 0.2) is 5.16 Å². The van der Waals surface area contributed by atoms with Gasteiger partial charge < -0.3 is 4.98 Å². The summed E-state index contributed by atoms with van der Waals surface area (Å²) in [5.74, 6) is 0.917. The van der Waals surface area contributed by atoms with Gasteiger partial charge in [0.2, 0.25) is 0 Å². The van der Waals surface area contributed by atoms with Crippen LogP contribution in [0.4, 0.5) is 4.39 Å². The number of hydrogen-bond acceptors (Lipinski definition) is 4. The Hall–Kier alpha value is -2.05. The summed E-state index contributed by atoms with van der Waals surface area (Å²) in [4.78, 5) is 20.1. The lowest BCUT2D eigenvalue weighted by Gasteiger charge is -2.05. The van der Waals surface area contributed by atoms with Gasteiger partial charge in [-0.05, 0) is 29.8 Å². The summed E-state index contributed by atoms with van der Waals surface area (Å²) in [5, 5.41) is 0.551. The highest BCUT2D eigenvalue weighted by molar-refractivity contribution is 7.98. The molecule has 0 saturated heterocycles. The minimum Gasteiger partial charge on any atom is -0.301 e. The Balaban J connectivity index is 1.66. The molecule has 0 bridgehead atoms. The van der Waals surface area contributed by atoms with Gasteiger partial charge in [0.25, 0.3) is 5.56 Å². The number of thioether (sulfide) groups is 2. The van der Waals surface area contributed by atoms with Crippen molar-refractivity contribution in [3.8, 4) is 0 Å². The Kier molecular flexibility index (Phi) is 5.72. The summed E-state index contributed by atoms with van der Waals surface area (Å²) >= 11 is 3.02. The highest BCUT2D eigenvalue weighted by atomic mass is 32.2. The first-order valence-electron chi connectivity index (χ1n) is 7.34. The lowest BCUT2D eigenvalue weighted by molar-refractivity contribution is 0.626. The number of hydrogen-bond donors (Lipinski definition) is 1. The van der Waals surface area contributed by atoms with Gasteiger partial charge in [-0.1, -0.05) is 42.1 Å². The van der Waals surface area contributed by atoms with E-state index in [1.165, 1.54) is 30.0 Å². The third-order valence-electron chi connectivity index (χ3n) is 3.17. The summed E-state index contributed by atoms with van der Waals surface area (Å²) in [6.45, 7) is 0. The third kappa shape index (κ3) is 4.97. The first-order chi connectivity index (χ1) is 11.7. The first-order valence-corrected chi connectivity index (χ1v) is 9.31. The average molecular weight is 358 g/mol. The standard InChI is InChI=1S/C18H15FN2OS2/c19-14-6-4-5-13(9-14)11-24-18-20-15(10-17(22)21-18)12-23-16-7-2-1-3-8-16/h1-10H,11-12H2,(H,20,21,22). The average Bonchev–Trinajstić information content (AvgIpc) is 2.59. The maximum atomic E-state index is 13.2. The van der Waals surface area contributed by atoms with Crippen LogP contribution in [-0.4, -0.2) is 9.97 Å². The molecule has 0 spiro atoms. The molecule has 0 aliphatic heterocycles. The lowest BCUT2D eigenvalue weighted by atomic mass is 10.2. The van der Waals surface area contributed by atoms with Crippen LogP contribution in [0.25, 0.3) is 0 Å².